The largest absolute Gasteiger partial charge is 0.435 e. The summed E-state index contributed by atoms with van der Waals surface area (Å²) in [6, 6.07) is 7.20. The molecule has 0 aliphatic carbocycles. The number of halogens is 3. The highest BCUT2D eigenvalue weighted by Gasteiger charge is 2.33. The maximum Gasteiger partial charge on any atom is 0.435 e. The fourth-order valence-electron chi connectivity index (χ4n) is 2.53. The number of alkyl halides is 3. The number of aromatic nitrogens is 2. The summed E-state index contributed by atoms with van der Waals surface area (Å²) in [6.07, 6.45) is -2.47. The fourth-order valence-corrected chi connectivity index (χ4v) is 2.53. The molecule has 122 valence electrons. The molecule has 0 bridgehead atoms. The minimum atomic E-state index is -4.48. The van der Waals surface area contributed by atoms with Gasteiger partial charge in [-0.2, -0.15) is 18.3 Å². The third kappa shape index (κ3) is 3.21. The number of nitrogens with zero attached hydrogens (tertiary/aromatic N) is 3. The Hall–Kier alpha value is -2.35. The van der Waals surface area contributed by atoms with Crippen LogP contribution in [0.5, 0.6) is 0 Å². The van der Waals surface area contributed by atoms with E-state index in [1.807, 2.05) is 0 Å². The van der Waals surface area contributed by atoms with Crippen LogP contribution in [0.1, 0.15) is 22.5 Å². The first-order chi connectivity index (χ1) is 10.8. The van der Waals surface area contributed by atoms with Crippen molar-refractivity contribution in [3.63, 3.8) is 0 Å². The standard InChI is InChI=1S/C15H15F3N4O/c16-15(17,18)13-6-8-22(20-13)12-3-1-10(2-4-12)14(23)21-7-5-11(19)9-21/h1-4,6,8,11H,5,7,9,19H2/t11-/m0/s1. The Kier molecular flexibility index (Phi) is 3.85. The van der Waals surface area contributed by atoms with Crippen molar-refractivity contribution < 1.29 is 18.0 Å². The van der Waals surface area contributed by atoms with E-state index in [2.05, 4.69) is 5.10 Å². The van der Waals surface area contributed by atoms with Crippen LogP contribution in [0.2, 0.25) is 0 Å². The number of hydrogen-bond donors (Lipinski definition) is 1. The zero-order valence-electron chi connectivity index (χ0n) is 12.1. The van der Waals surface area contributed by atoms with Crippen LogP contribution in [0.25, 0.3) is 5.69 Å². The summed E-state index contributed by atoms with van der Waals surface area (Å²) in [4.78, 5) is 14.0. The maximum absolute atomic E-state index is 12.6. The number of rotatable bonds is 2. The number of benzene rings is 1. The molecule has 1 aromatic heterocycles. The molecule has 1 amide bonds. The Morgan fingerprint density at radius 3 is 2.43 bits per heavy atom. The first kappa shape index (κ1) is 15.5. The molecule has 2 heterocycles. The third-order valence-corrected chi connectivity index (χ3v) is 3.77. The maximum atomic E-state index is 12.6. The zero-order chi connectivity index (χ0) is 16.6. The molecule has 8 heteroatoms. The van der Waals surface area contributed by atoms with E-state index in [1.165, 1.54) is 6.20 Å². The molecule has 2 N–H and O–H groups in total. The fraction of sp³-hybridized carbons (Fsp3) is 0.333. The SMILES string of the molecule is N[C@H]1CCN(C(=O)c2ccc(-n3ccc(C(F)(F)F)n3)cc2)C1. The molecule has 1 saturated heterocycles. The molecule has 5 nitrogen and oxygen atoms in total. The van der Waals surface area contributed by atoms with Gasteiger partial charge in [-0.3, -0.25) is 4.79 Å². The summed E-state index contributed by atoms with van der Waals surface area (Å²) in [6.45, 7) is 1.14. The van der Waals surface area contributed by atoms with Gasteiger partial charge in [0.05, 0.1) is 5.69 Å². The minimum Gasteiger partial charge on any atom is -0.337 e. The average molecular weight is 324 g/mol. The molecular weight excluding hydrogens is 309 g/mol. The number of carbonyl (C=O) groups is 1. The molecule has 1 fully saturated rings. The molecular formula is C15H15F3N4O. The summed E-state index contributed by atoms with van der Waals surface area (Å²) < 4.78 is 38.8. The number of likely N-dealkylation sites (tertiary alicyclic amines) is 1. The molecule has 1 atom stereocenters. The first-order valence-corrected chi connectivity index (χ1v) is 7.13. The second-order valence-electron chi connectivity index (χ2n) is 5.49. The van der Waals surface area contributed by atoms with Crippen molar-refractivity contribution in [1.29, 1.82) is 0 Å². The molecule has 1 aliphatic rings. The second kappa shape index (κ2) is 5.69. The van der Waals surface area contributed by atoms with Crippen LogP contribution in [-0.2, 0) is 6.18 Å². The van der Waals surface area contributed by atoms with Crippen molar-refractivity contribution >= 4 is 5.91 Å². The van der Waals surface area contributed by atoms with E-state index >= 15 is 0 Å². The predicted molar refractivity (Wildman–Crippen MR) is 77.1 cm³/mol. The van der Waals surface area contributed by atoms with Gasteiger partial charge in [0, 0.05) is 30.9 Å². The highest BCUT2D eigenvalue weighted by atomic mass is 19.4. The summed E-state index contributed by atoms with van der Waals surface area (Å²) in [5.74, 6) is -0.124. The second-order valence-corrected chi connectivity index (χ2v) is 5.49. The van der Waals surface area contributed by atoms with Crippen molar-refractivity contribution in [3.05, 3.63) is 47.8 Å². The van der Waals surface area contributed by atoms with Crippen LogP contribution in [0.4, 0.5) is 13.2 Å². The van der Waals surface area contributed by atoms with Gasteiger partial charge in [0.2, 0.25) is 0 Å². The Labute approximate surface area is 130 Å². The van der Waals surface area contributed by atoms with Gasteiger partial charge >= 0.3 is 6.18 Å². The summed E-state index contributed by atoms with van der Waals surface area (Å²) in [5, 5.41) is 3.49. The first-order valence-electron chi connectivity index (χ1n) is 7.13. The lowest BCUT2D eigenvalue weighted by Gasteiger charge is -2.15. The van der Waals surface area contributed by atoms with Crippen LogP contribution >= 0.6 is 0 Å². The van der Waals surface area contributed by atoms with Gasteiger partial charge in [-0.05, 0) is 36.8 Å². The van der Waals surface area contributed by atoms with Crippen LogP contribution in [0.15, 0.2) is 36.5 Å². The summed E-state index contributed by atoms with van der Waals surface area (Å²) in [5.41, 5.74) is 5.76. The monoisotopic (exact) mass is 324 g/mol. The van der Waals surface area contributed by atoms with E-state index in [4.69, 9.17) is 5.73 Å². The highest BCUT2D eigenvalue weighted by molar-refractivity contribution is 5.94. The Morgan fingerprint density at radius 2 is 1.91 bits per heavy atom. The molecule has 0 saturated carbocycles. The lowest BCUT2D eigenvalue weighted by molar-refractivity contribution is -0.141. The predicted octanol–water partition coefficient (Wildman–Crippen LogP) is 2.06. The number of carbonyl (C=O) groups excluding carboxylic acids is 1. The zero-order valence-corrected chi connectivity index (χ0v) is 12.1. The summed E-state index contributed by atoms with van der Waals surface area (Å²) in [7, 11) is 0. The molecule has 23 heavy (non-hydrogen) atoms. The quantitative estimate of drug-likeness (QED) is 0.920. The number of nitrogens with two attached hydrogens (primary N) is 1. The van der Waals surface area contributed by atoms with Gasteiger partial charge in [0.1, 0.15) is 0 Å². The van der Waals surface area contributed by atoms with Crippen LogP contribution in [-0.4, -0.2) is 39.7 Å². The van der Waals surface area contributed by atoms with E-state index in [1.54, 1.807) is 29.2 Å². The van der Waals surface area contributed by atoms with Crippen molar-refractivity contribution in [3.8, 4) is 5.69 Å². The van der Waals surface area contributed by atoms with Crippen molar-refractivity contribution in [2.45, 2.75) is 18.6 Å². The van der Waals surface area contributed by atoms with Gasteiger partial charge in [-0.15, -0.1) is 0 Å². The van der Waals surface area contributed by atoms with Gasteiger partial charge in [-0.25, -0.2) is 4.68 Å². The molecule has 0 radical (unpaired) electrons. The minimum absolute atomic E-state index is 0.00286. The van der Waals surface area contributed by atoms with Crippen LogP contribution in [0, 0.1) is 0 Å². The Bertz CT molecular complexity index is 708. The lowest BCUT2D eigenvalue weighted by Crippen LogP contribution is -2.31. The van der Waals surface area contributed by atoms with Crippen LogP contribution in [0.3, 0.4) is 0 Å². The van der Waals surface area contributed by atoms with Gasteiger partial charge in [0.25, 0.3) is 5.91 Å². The lowest BCUT2D eigenvalue weighted by atomic mass is 10.2. The van der Waals surface area contributed by atoms with Crippen molar-refractivity contribution in [1.82, 2.24) is 14.7 Å². The van der Waals surface area contributed by atoms with Gasteiger partial charge in [0.15, 0.2) is 5.69 Å². The molecule has 3 rings (SSSR count). The van der Waals surface area contributed by atoms with E-state index in [-0.39, 0.29) is 11.9 Å². The van der Waals surface area contributed by atoms with E-state index in [0.29, 0.717) is 24.3 Å². The molecule has 0 unspecified atom stereocenters. The molecule has 1 aliphatic heterocycles. The average Bonchev–Trinajstić information content (AvgIpc) is 3.15. The topological polar surface area (TPSA) is 64.2 Å². The van der Waals surface area contributed by atoms with Gasteiger partial charge in [-0.1, -0.05) is 0 Å². The van der Waals surface area contributed by atoms with Crippen molar-refractivity contribution in [2.24, 2.45) is 5.73 Å². The van der Waals surface area contributed by atoms with Gasteiger partial charge < -0.3 is 10.6 Å². The summed E-state index contributed by atoms with van der Waals surface area (Å²) >= 11 is 0. The smallest absolute Gasteiger partial charge is 0.337 e. The third-order valence-electron chi connectivity index (χ3n) is 3.77. The number of amides is 1. The molecule has 1 aromatic carbocycles. The molecule has 2 aromatic rings. The van der Waals surface area contributed by atoms with Crippen LogP contribution < -0.4 is 5.73 Å². The Morgan fingerprint density at radius 1 is 1.22 bits per heavy atom. The highest BCUT2D eigenvalue weighted by Crippen LogP contribution is 2.27. The van der Waals surface area contributed by atoms with Crippen molar-refractivity contribution in [2.75, 3.05) is 13.1 Å². The number of hydrogen-bond acceptors (Lipinski definition) is 3. The van der Waals surface area contributed by atoms with E-state index in [9.17, 15) is 18.0 Å². The Balaban J connectivity index is 1.77. The normalized spacial score (nSPS) is 18.4. The molecule has 0 spiro atoms. The van der Waals surface area contributed by atoms with E-state index < -0.39 is 11.9 Å². The van der Waals surface area contributed by atoms with E-state index in [0.717, 1.165) is 17.2 Å².